The first-order chi connectivity index (χ1) is 29.2. The van der Waals surface area contributed by atoms with Crippen LogP contribution in [0.25, 0.3) is 0 Å². The Morgan fingerprint density at radius 1 is 0.688 bits per heavy atom. The summed E-state index contributed by atoms with van der Waals surface area (Å²) in [5.41, 5.74) is -4.26. The predicted octanol–water partition coefficient (Wildman–Crippen LogP) is 8.30. The molecule has 4 aromatic carbocycles. The van der Waals surface area contributed by atoms with Crippen LogP contribution < -0.4 is 33.5 Å². The average molecular weight is 1030 g/mol. The number of ether oxygens (including phenoxy) is 3. The van der Waals surface area contributed by atoms with Crippen molar-refractivity contribution in [1.29, 1.82) is 10.5 Å². The van der Waals surface area contributed by atoms with Gasteiger partial charge in [-0.2, -0.15) is 28.1 Å². The SMILES string of the molecule is C.C[S+](C)(C)=O.N#Cc1ccc(Oc2ccc(C(F)(F)C(=O)c3ccc(F)cc3F)nc2)cc1.N#Cc1ccc(Oc2ccc(C(F)(F)C3(c4ccc(F)cc4F)CO3)nc2)cc1.[2HH].[I-]. The van der Waals surface area contributed by atoms with Gasteiger partial charge in [0.1, 0.15) is 76.4 Å². The topological polar surface area (TPSA) is 138 Å². The van der Waals surface area contributed by atoms with E-state index in [9.17, 15) is 35.3 Å². The summed E-state index contributed by atoms with van der Waals surface area (Å²) in [6.07, 6.45) is 7.24. The van der Waals surface area contributed by atoms with Crippen molar-refractivity contribution in [1.82, 2.24) is 9.97 Å². The summed E-state index contributed by atoms with van der Waals surface area (Å²) < 4.78 is 139. The van der Waals surface area contributed by atoms with Gasteiger partial charge in [0.25, 0.3) is 0 Å². The standard InChI is InChI=1S/C21H12F4N2O2.C20H10F4N2O2.C3H9OS.CH4.HI.H2/c22-14-3-7-17(18(23)9-14)20(12-28-20)21(24,25)19-8-6-16(11-27-19)29-15-4-1-13(10-26)2-5-15;21-13-3-7-16(17(22)9-13)19(27)20(23,24)18-8-6-15(11-26-18)28-14-4-1-12(10-25)2-5-14;1-5(2,3)4;;;/h1-9,11H,12H2;1-9,11H;1-3H3;1H4;2*1H/q;;+1;;;/p-1/i;;;;;1+1. The molecule has 0 amide bonds. The highest BCUT2D eigenvalue weighted by Crippen LogP contribution is 2.56. The van der Waals surface area contributed by atoms with Crippen molar-refractivity contribution in [3.63, 3.8) is 0 Å². The third-order valence-electron chi connectivity index (χ3n) is 8.32. The fraction of sp³-hybridized carbons (Fsp3) is 0.178. The third kappa shape index (κ3) is 12.9. The van der Waals surface area contributed by atoms with Gasteiger partial charge in [0.05, 0.1) is 57.8 Å². The van der Waals surface area contributed by atoms with Crippen LogP contribution in [0.15, 0.2) is 122 Å². The number of ketones is 1. The molecule has 1 aliphatic heterocycles. The molecule has 1 saturated heterocycles. The van der Waals surface area contributed by atoms with Crippen LogP contribution in [-0.2, 0) is 36.3 Å². The summed E-state index contributed by atoms with van der Waals surface area (Å²) in [6.45, 7) is -0.423. The van der Waals surface area contributed by atoms with E-state index in [0.29, 0.717) is 46.9 Å². The van der Waals surface area contributed by atoms with Gasteiger partial charge in [0.15, 0.2) is 5.60 Å². The van der Waals surface area contributed by atoms with Crippen LogP contribution in [0.2, 0.25) is 0 Å². The van der Waals surface area contributed by atoms with Crippen molar-refractivity contribution in [2.75, 3.05) is 25.4 Å². The first-order valence-corrected chi connectivity index (χ1v) is 20.5. The molecule has 9 nitrogen and oxygen atoms in total. The number of nitriles is 2. The van der Waals surface area contributed by atoms with Gasteiger partial charge < -0.3 is 38.2 Å². The number of epoxide rings is 1. The maximum atomic E-state index is 15.1. The second kappa shape index (κ2) is 21.4. The maximum absolute atomic E-state index is 15.1. The molecule has 1 atom stereocenters. The van der Waals surface area contributed by atoms with Gasteiger partial charge in [0, 0.05) is 19.1 Å². The minimum atomic E-state index is -4.12. The summed E-state index contributed by atoms with van der Waals surface area (Å²) >= 11 is 0. The van der Waals surface area contributed by atoms with Gasteiger partial charge in [-0.3, -0.25) is 14.8 Å². The Bertz CT molecular complexity index is 2690. The predicted molar refractivity (Wildman–Crippen MR) is 218 cm³/mol. The molecule has 19 heteroatoms. The maximum Gasteiger partial charge on any atom is 0.351 e. The molecule has 6 aromatic rings. The molecule has 1 unspecified atom stereocenters. The molecule has 1 fully saturated rings. The van der Waals surface area contributed by atoms with E-state index >= 15 is 8.78 Å². The van der Waals surface area contributed by atoms with E-state index in [0.717, 1.165) is 36.7 Å². The minimum Gasteiger partial charge on any atom is -1.00 e. The number of carbonyl (C=O) groups excluding carboxylic acids is 1. The van der Waals surface area contributed by atoms with E-state index in [1.54, 1.807) is 43.0 Å². The van der Waals surface area contributed by atoms with Crippen LogP contribution in [0, 0.1) is 45.9 Å². The summed E-state index contributed by atoms with van der Waals surface area (Å²) in [6, 6.07) is 24.7. The summed E-state index contributed by atoms with van der Waals surface area (Å²) in [5, 5.41) is 17.5. The smallest absolute Gasteiger partial charge is 0.351 e. The first-order valence-electron chi connectivity index (χ1n) is 17.7. The monoisotopic (exact) mass is 1030 g/mol. The van der Waals surface area contributed by atoms with Crippen molar-refractivity contribution in [3.8, 4) is 35.1 Å². The lowest BCUT2D eigenvalue weighted by Crippen LogP contribution is -3.00. The lowest BCUT2D eigenvalue weighted by Gasteiger charge is -2.24. The van der Waals surface area contributed by atoms with E-state index in [-0.39, 0.29) is 44.3 Å². The molecule has 0 N–H and O–H groups in total. The molecule has 1 aliphatic rings. The van der Waals surface area contributed by atoms with Crippen LogP contribution in [0.5, 0.6) is 23.0 Å². The zero-order valence-corrected chi connectivity index (χ0v) is 35.9. The number of rotatable bonds is 10. The Hall–Kier alpha value is -6.29. The molecule has 3 heterocycles. The van der Waals surface area contributed by atoms with Crippen molar-refractivity contribution >= 4 is 15.7 Å². The summed E-state index contributed by atoms with van der Waals surface area (Å²) in [7, 11) is -1.42. The van der Waals surface area contributed by atoms with Gasteiger partial charge in [0.2, 0.25) is 5.78 Å². The Kier molecular flexibility index (Phi) is 17.4. The number of Topliss-reactive ketones (excluding diaryl/α,β-unsaturated/α-hetero) is 1. The van der Waals surface area contributed by atoms with Crippen LogP contribution in [0.4, 0.5) is 35.1 Å². The fourth-order valence-electron chi connectivity index (χ4n) is 5.28. The number of pyridine rings is 2. The van der Waals surface area contributed by atoms with Gasteiger partial charge >= 0.3 is 11.8 Å². The molecule has 0 radical (unpaired) electrons. The molecule has 0 saturated carbocycles. The highest BCUT2D eigenvalue weighted by atomic mass is 127. The Labute approximate surface area is 382 Å². The van der Waals surface area contributed by atoms with Crippen molar-refractivity contribution in [3.05, 3.63) is 178 Å². The lowest BCUT2D eigenvalue weighted by atomic mass is 9.90. The van der Waals surface area contributed by atoms with Gasteiger partial charge in [-0.25, -0.2) is 17.6 Å². The normalized spacial score (nSPS) is 14.0. The van der Waals surface area contributed by atoms with Crippen LogP contribution in [0.1, 0.15) is 47.3 Å². The summed E-state index contributed by atoms with van der Waals surface area (Å²) in [4.78, 5) is 19.3. The molecule has 2 aromatic heterocycles. The van der Waals surface area contributed by atoms with Crippen LogP contribution in [0.3, 0.4) is 0 Å². The molecular weight excluding hydrogens is 987 g/mol. The van der Waals surface area contributed by atoms with Gasteiger partial charge in [-0.1, -0.05) is 7.43 Å². The highest BCUT2D eigenvalue weighted by molar-refractivity contribution is 8.00. The number of alkyl halides is 4. The number of benzene rings is 4. The van der Waals surface area contributed by atoms with E-state index in [1.807, 2.05) is 12.1 Å². The average Bonchev–Trinajstić information content (AvgIpc) is 4.04. The lowest BCUT2D eigenvalue weighted by molar-refractivity contribution is -0.0902. The van der Waals surface area contributed by atoms with Crippen molar-refractivity contribution in [2.24, 2.45) is 0 Å². The zero-order valence-electron chi connectivity index (χ0n) is 32.9. The number of halogens is 9. The molecule has 0 bridgehead atoms. The second-order valence-electron chi connectivity index (χ2n) is 13.8. The second-order valence-corrected chi connectivity index (χ2v) is 17.3. The van der Waals surface area contributed by atoms with E-state index in [1.165, 1.54) is 36.4 Å². The Morgan fingerprint density at radius 2 is 1.09 bits per heavy atom. The summed E-state index contributed by atoms with van der Waals surface area (Å²) in [5.74, 6) is -12.9. The van der Waals surface area contributed by atoms with Crippen LogP contribution >= 0.6 is 0 Å². The number of hydrogen-bond donors (Lipinski definition) is 0. The zero-order chi connectivity index (χ0) is 45.5. The highest BCUT2D eigenvalue weighted by Gasteiger charge is 2.68. The molecule has 0 spiro atoms. The van der Waals surface area contributed by atoms with E-state index in [4.69, 9.17) is 24.7 Å². The third-order valence-corrected chi connectivity index (χ3v) is 8.32. The van der Waals surface area contributed by atoms with E-state index < -0.39 is 85.6 Å². The van der Waals surface area contributed by atoms with Gasteiger partial charge in [-0.15, -0.1) is 4.21 Å². The quantitative estimate of drug-likeness (QED) is 0.0436. The molecular formula is C45H37F8IN4O5S. The number of aromatic nitrogens is 2. The molecule has 7 rings (SSSR count). The van der Waals surface area contributed by atoms with Crippen LogP contribution in [-0.4, -0.2) is 41.1 Å². The van der Waals surface area contributed by atoms with E-state index in [2.05, 4.69) is 9.97 Å². The minimum absolute atomic E-state index is 0. The first kappa shape index (κ1) is 52.1. The number of carbonyl (C=O) groups is 1. The molecule has 64 heavy (non-hydrogen) atoms. The fourth-order valence-corrected chi connectivity index (χ4v) is 5.28. The Balaban J connectivity index is 0.000000389. The number of hydrogen-bond acceptors (Lipinski definition) is 9. The largest absolute Gasteiger partial charge is 1.00 e. The van der Waals surface area contributed by atoms with Crippen molar-refractivity contribution < 1.29 is 83.7 Å². The molecule has 336 valence electrons. The Morgan fingerprint density at radius 3 is 1.47 bits per heavy atom. The van der Waals surface area contributed by atoms with Gasteiger partial charge in [-0.05, 0) is 97.1 Å². The van der Waals surface area contributed by atoms with Crippen molar-refractivity contribution in [2.45, 2.75) is 24.9 Å². The number of nitrogens with zero attached hydrogens (tertiary/aromatic N) is 4. The molecule has 0 aliphatic carbocycles.